The van der Waals surface area contributed by atoms with Gasteiger partial charge in [-0.25, -0.2) is 0 Å². The average Bonchev–Trinajstić information content (AvgIpc) is 2.76. The molecule has 2 rings (SSSR count). The molecule has 8 heteroatoms. The third kappa shape index (κ3) is 2.72. The van der Waals surface area contributed by atoms with Crippen LogP contribution in [-0.4, -0.2) is 5.16 Å². The van der Waals surface area contributed by atoms with Gasteiger partial charge in [0, 0.05) is 5.56 Å². The summed E-state index contributed by atoms with van der Waals surface area (Å²) in [5.74, 6) is 0. The number of benzene rings is 1. The van der Waals surface area contributed by atoms with Crippen LogP contribution in [0, 0.1) is 0 Å². The first-order chi connectivity index (χ1) is 8.69. The fourth-order valence-electron chi connectivity index (χ4n) is 1.46. The Hall–Kier alpha value is -1.99. The standard InChI is InChI=1S/C11H5F6NO/c12-10(13,14)7-3-1-6(2-4-7)9-8(5-19-18-9)11(15,16)17/h1-5H. The number of alkyl halides is 6. The fourth-order valence-corrected chi connectivity index (χ4v) is 1.46. The van der Waals surface area contributed by atoms with E-state index >= 15 is 0 Å². The van der Waals surface area contributed by atoms with Crippen molar-refractivity contribution in [2.45, 2.75) is 12.4 Å². The first-order valence-electron chi connectivity index (χ1n) is 4.89. The normalized spacial score (nSPS) is 12.7. The quantitative estimate of drug-likeness (QED) is 0.725. The van der Waals surface area contributed by atoms with Crippen LogP contribution in [-0.2, 0) is 12.4 Å². The van der Waals surface area contributed by atoms with E-state index in [4.69, 9.17) is 0 Å². The van der Waals surface area contributed by atoms with Crippen molar-refractivity contribution in [3.05, 3.63) is 41.7 Å². The van der Waals surface area contributed by atoms with Crippen LogP contribution in [0.1, 0.15) is 11.1 Å². The Bertz CT molecular complexity index is 566. The summed E-state index contributed by atoms with van der Waals surface area (Å²) < 4.78 is 78.8. The van der Waals surface area contributed by atoms with Crippen LogP contribution in [0.5, 0.6) is 0 Å². The minimum Gasteiger partial charge on any atom is -0.363 e. The molecule has 102 valence electrons. The highest BCUT2D eigenvalue weighted by molar-refractivity contribution is 5.63. The summed E-state index contributed by atoms with van der Waals surface area (Å²) in [5, 5.41) is 3.17. The predicted molar refractivity (Wildman–Crippen MR) is 51.9 cm³/mol. The number of halogens is 6. The molecule has 0 radical (unpaired) electrons. The topological polar surface area (TPSA) is 26.0 Å². The first kappa shape index (κ1) is 13.4. The Morgan fingerprint density at radius 2 is 1.42 bits per heavy atom. The van der Waals surface area contributed by atoms with Gasteiger partial charge in [0.05, 0.1) is 5.56 Å². The zero-order chi connectivity index (χ0) is 14.3. The first-order valence-corrected chi connectivity index (χ1v) is 4.89. The molecule has 0 fully saturated rings. The molecule has 0 bridgehead atoms. The maximum Gasteiger partial charge on any atom is 0.421 e. The second-order valence-corrected chi connectivity index (χ2v) is 3.65. The highest BCUT2D eigenvalue weighted by atomic mass is 19.4. The molecule has 2 nitrogen and oxygen atoms in total. The highest BCUT2D eigenvalue weighted by Gasteiger charge is 2.37. The third-order valence-corrected chi connectivity index (χ3v) is 2.36. The average molecular weight is 281 g/mol. The molecule has 0 saturated heterocycles. The van der Waals surface area contributed by atoms with Crippen molar-refractivity contribution >= 4 is 0 Å². The molecule has 1 aromatic carbocycles. The molecule has 0 aliphatic carbocycles. The van der Waals surface area contributed by atoms with Crippen molar-refractivity contribution in [3.63, 3.8) is 0 Å². The summed E-state index contributed by atoms with van der Waals surface area (Å²) in [7, 11) is 0. The molecule has 0 saturated carbocycles. The second-order valence-electron chi connectivity index (χ2n) is 3.65. The lowest BCUT2D eigenvalue weighted by atomic mass is 10.1. The van der Waals surface area contributed by atoms with E-state index < -0.39 is 29.2 Å². The van der Waals surface area contributed by atoms with E-state index in [1.165, 1.54) is 0 Å². The number of aromatic nitrogens is 1. The molecule has 0 N–H and O–H groups in total. The van der Waals surface area contributed by atoms with E-state index in [0.29, 0.717) is 18.4 Å². The van der Waals surface area contributed by atoms with Crippen LogP contribution >= 0.6 is 0 Å². The molecule has 1 heterocycles. The van der Waals surface area contributed by atoms with Gasteiger partial charge in [-0.2, -0.15) is 26.3 Å². The van der Waals surface area contributed by atoms with Crippen LogP contribution in [0.2, 0.25) is 0 Å². The molecule has 0 unspecified atom stereocenters. The van der Waals surface area contributed by atoms with Crippen molar-refractivity contribution in [2.24, 2.45) is 0 Å². The van der Waals surface area contributed by atoms with Crippen molar-refractivity contribution in [2.75, 3.05) is 0 Å². The Kier molecular flexibility index (Phi) is 3.03. The van der Waals surface area contributed by atoms with Gasteiger partial charge >= 0.3 is 12.4 Å². The highest BCUT2D eigenvalue weighted by Crippen LogP contribution is 2.37. The molecule has 0 spiro atoms. The van der Waals surface area contributed by atoms with Crippen LogP contribution in [0.25, 0.3) is 11.3 Å². The summed E-state index contributed by atoms with van der Waals surface area (Å²) in [5.41, 5.74) is -2.73. The monoisotopic (exact) mass is 281 g/mol. The van der Waals surface area contributed by atoms with Gasteiger partial charge < -0.3 is 4.52 Å². The van der Waals surface area contributed by atoms with Gasteiger partial charge in [-0.15, -0.1) is 0 Å². The summed E-state index contributed by atoms with van der Waals surface area (Å²) >= 11 is 0. The molecule has 2 aromatic rings. The molecule has 0 aliphatic heterocycles. The van der Waals surface area contributed by atoms with E-state index in [1.54, 1.807) is 0 Å². The Balaban J connectivity index is 2.42. The zero-order valence-electron chi connectivity index (χ0n) is 9.01. The fraction of sp³-hybridized carbons (Fsp3) is 0.182. The summed E-state index contributed by atoms with van der Waals surface area (Å²) in [6.07, 6.45) is -8.82. The van der Waals surface area contributed by atoms with Crippen LogP contribution < -0.4 is 0 Å². The smallest absolute Gasteiger partial charge is 0.363 e. The molecular formula is C11H5F6NO. The van der Waals surface area contributed by atoms with Gasteiger partial charge in [0.2, 0.25) is 0 Å². The molecule has 0 atom stereocenters. The largest absolute Gasteiger partial charge is 0.421 e. The van der Waals surface area contributed by atoms with Gasteiger partial charge in [-0.3, -0.25) is 0 Å². The number of hydrogen-bond acceptors (Lipinski definition) is 2. The molecule has 1 aromatic heterocycles. The zero-order valence-corrected chi connectivity index (χ0v) is 9.01. The van der Waals surface area contributed by atoms with E-state index in [9.17, 15) is 26.3 Å². The van der Waals surface area contributed by atoms with E-state index in [1.807, 2.05) is 0 Å². The maximum atomic E-state index is 12.6. The lowest BCUT2D eigenvalue weighted by molar-refractivity contribution is -0.138. The van der Waals surface area contributed by atoms with E-state index in [2.05, 4.69) is 9.68 Å². The lowest BCUT2D eigenvalue weighted by Gasteiger charge is -2.08. The number of nitrogens with zero attached hydrogens (tertiary/aromatic N) is 1. The third-order valence-electron chi connectivity index (χ3n) is 2.36. The minimum absolute atomic E-state index is 0.103. The lowest BCUT2D eigenvalue weighted by Crippen LogP contribution is -2.06. The summed E-state index contributed by atoms with van der Waals surface area (Å²) in [4.78, 5) is 0. The predicted octanol–water partition coefficient (Wildman–Crippen LogP) is 4.38. The molecule has 19 heavy (non-hydrogen) atoms. The number of rotatable bonds is 1. The molecule has 0 aliphatic rings. The van der Waals surface area contributed by atoms with Gasteiger partial charge in [0.25, 0.3) is 0 Å². The Morgan fingerprint density at radius 1 is 0.842 bits per heavy atom. The molecular weight excluding hydrogens is 276 g/mol. The maximum absolute atomic E-state index is 12.6. The van der Waals surface area contributed by atoms with E-state index in [0.717, 1.165) is 12.1 Å². The summed E-state index contributed by atoms with van der Waals surface area (Å²) in [6, 6.07) is 3.19. The van der Waals surface area contributed by atoms with Crippen molar-refractivity contribution in [3.8, 4) is 11.3 Å². The minimum atomic E-state index is -4.68. The van der Waals surface area contributed by atoms with E-state index in [-0.39, 0.29) is 5.56 Å². The van der Waals surface area contributed by atoms with Crippen molar-refractivity contribution < 1.29 is 30.9 Å². The second kappa shape index (κ2) is 4.29. The Labute approximate surface area is 102 Å². The molecule has 0 amide bonds. The summed E-state index contributed by atoms with van der Waals surface area (Å²) in [6.45, 7) is 0. The SMILES string of the molecule is FC(F)(F)c1ccc(-c2nocc2C(F)(F)F)cc1. The van der Waals surface area contributed by atoms with Gasteiger partial charge in [-0.1, -0.05) is 17.3 Å². The van der Waals surface area contributed by atoms with Gasteiger partial charge in [-0.05, 0) is 12.1 Å². The number of hydrogen-bond donors (Lipinski definition) is 0. The van der Waals surface area contributed by atoms with Gasteiger partial charge in [0.1, 0.15) is 17.5 Å². The Morgan fingerprint density at radius 3 is 1.89 bits per heavy atom. The van der Waals surface area contributed by atoms with Crippen LogP contribution in [0.15, 0.2) is 35.1 Å². The van der Waals surface area contributed by atoms with Gasteiger partial charge in [0.15, 0.2) is 0 Å². The van der Waals surface area contributed by atoms with Crippen molar-refractivity contribution in [1.29, 1.82) is 0 Å². The van der Waals surface area contributed by atoms with Crippen LogP contribution in [0.4, 0.5) is 26.3 Å². The van der Waals surface area contributed by atoms with Crippen molar-refractivity contribution in [1.82, 2.24) is 5.16 Å². The van der Waals surface area contributed by atoms with Crippen LogP contribution in [0.3, 0.4) is 0 Å².